The molecule has 42 heavy (non-hydrogen) atoms. The van der Waals surface area contributed by atoms with Crippen LogP contribution in [0.25, 0.3) is 5.69 Å². The van der Waals surface area contributed by atoms with Crippen LogP contribution in [0, 0.1) is 0 Å². The molecule has 0 saturated heterocycles. The molecule has 12 heteroatoms. The number of likely N-dealkylation sites (N-methyl/N-ethyl adjacent to an activating group) is 1. The number of fused-ring (bicyclic) bond motifs is 1. The first-order valence-electron chi connectivity index (χ1n) is 13.5. The molecule has 1 aromatic heterocycles. The van der Waals surface area contributed by atoms with Gasteiger partial charge in [0.1, 0.15) is 17.5 Å². The summed E-state index contributed by atoms with van der Waals surface area (Å²) in [6.45, 7) is 11.6. The van der Waals surface area contributed by atoms with Gasteiger partial charge in [0.25, 0.3) is 0 Å². The van der Waals surface area contributed by atoms with Crippen molar-refractivity contribution in [2.45, 2.75) is 71.6 Å². The topological polar surface area (TPSA) is 118 Å². The minimum Gasteiger partial charge on any atom is -0.444 e. The van der Waals surface area contributed by atoms with Crippen LogP contribution in [-0.4, -0.2) is 51.4 Å². The summed E-state index contributed by atoms with van der Waals surface area (Å²) in [4.78, 5) is 40.3. The van der Waals surface area contributed by atoms with Gasteiger partial charge in [0.15, 0.2) is 0 Å². The molecule has 224 valence electrons. The second-order valence-electron chi connectivity index (χ2n) is 12.2. The third kappa shape index (κ3) is 6.99. The van der Waals surface area contributed by atoms with Crippen molar-refractivity contribution in [3.8, 4) is 5.69 Å². The fourth-order valence-corrected chi connectivity index (χ4v) is 4.87. The third-order valence-electron chi connectivity index (χ3n) is 6.66. The lowest BCUT2D eigenvalue weighted by molar-refractivity contribution is -0.126. The highest BCUT2D eigenvalue weighted by molar-refractivity contribution is 6.44. The number of halogens is 2. The van der Waals surface area contributed by atoms with E-state index in [0.717, 1.165) is 16.8 Å². The third-order valence-corrected chi connectivity index (χ3v) is 7.48. The fraction of sp³-hybridized carbons (Fsp3) is 0.400. The molecule has 1 aliphatic rings. The van der Waals surface area contributed by atoms with Gasteiger partial charge in [0, 0.05) is 24.9 Å². The zero-order valence-electron chi connectivity index (χ0n) is 24.8. The summed E-state index contributed by atoms with van der Waals surface area (Å²) in [7, 11) is 1.55. The van der Waals surface area contributed by atoms with E-state index in [1.807, 2.05) is 45.0 Å². The summed E-state index contributed by atoms with van der Waals surface area (Å²) >= 11 is 12.4. The van der Waals surface area contributed by atoms with Crippen molar-refractivity contribution in [2.24, 2.45) is 0 Å². The van der Waals surface area contributed by atoms with Crippen molar-refractivity contribution in [1.29, 1.82) is 0 Å². The van der Waals surface area contributed by atoms with Crippen LogP contribution >= 0.6 is 23.2 Å². The monoisotopic (exact) mass is 614 g/mol. The van der Waals surface area contributed by atoms with Crippen LogP contribution in [0.5, 0.6) is 0 Å². The largest absolute Gasteiger partial charge is 0.444 e. The van der Waals surface area contributed by atoms with Crippen molar-refractivity contribution in [2.75, 3.05) is 17.7 Å². The Hall–Kier alpha value is -3.76. The van der Waals surface area contributed by atoms with Crippen LogP contribution in [0.1, 0.15) is 58.4 Å². The van der Waals surface area contributed by atoms with Crippen molar-refractivity contribution in [3.63, 3.8) is 0 Å². The lowest BCUT2D eigenvalue weighted by atomic mass is 9.92. The maximum absolute atomic E-state index is 13.1. The minimum absolute atomic E-state index is 0.167. The van der Waals surface area contributed by atoms with Gasteiger partial charge in [-0.2, -0.15) is 5.10 Å². The standard InChI is InChI=1S/C30H36Cl2N6O4/c1-29(2,3)23-15-24(35-27(40)34-21-10-8-9-20(31)25(21)32)38(36-23)19-12-11-17-14-22(26(39)33-7)37(16-18(17)13-19)28(41)42-30(4,5)6/h8-13,15,22H,14,16H2,1-7H3,(H,33,39)(H2,34,35,40). The molecule has 0 aliphatic carbocycles. The second kappa shape index (κ2) is 11.9. The maximum atomic E-state index is 13.1. The van der Waals surface area contributed by atoms with Gasteiger partial charge in [0.05, 0.1) is 33.7 Å². The van der Waals surface area contributed by atoms with Crippen molar-refractivity contribution in [3.05, 3.63) is 69.3 Å². The lowest BCUT2D eigenvalue weighted by Gasteiger charge is -2.36. The average Bonchev–Trinajstić information content (AvgIpc) is 3.33. The molecule has 3 N–H and O–H groups in total. The highest BCUT2D eigenvalue weighted by atomic mass is 35.5. The van der Waals surface area contributed by atoms with Gasteiger partial charge >= 0.3 is 12.1 Å². The van der Waals surface area contributed by atoms with Crippen LogP contribution in [0.15, 0.2) is 42.5 Å². The predicted octanol–water partition coefficient (Wildman–Crippen LogP) is 6.53. The second-order valence-corrected chi connectivity index (χ2v) is 12.9. The SMILES string of the molecule is CNC(=O)C1Cc2ccc(-n3nc(C(C)(C)C)cc3NC(=O)Nc3cccc(Cl)c3Cl)cc2CN1C(=O)OC(C)(C)C. The molecule has 1 aliphatic heterocycles. The molecule has 0 bridgehead atoms. The Morgan fingerprint density at radius 2 is 1.69 bits per heavy atom. The van der Waals surface area contributed by atoms with Gasteiger partial charge in [-0.1, -0.05) is 56.1 Å². The molecule has 2 aromatic carbocycles. The summed E-state index contributed by atoms with van der Waals surface area (Å²) in [5, 5.41) is 13.6. The van der Waals surface area contributed by atoms with Crippen LogP contribution in [0.4, 0.5) is 21.1 Å². The van der Waals surface area contributed by atoms with Gasteiger partial charge in [-0.3, -0.25) is 15.0 Å². The minimum atomic E-state index is -0.721. The zero-order chi connectivity index (χ0) is 31.0. The number of anilines is 2. The molecule has 10 nitrogen and oxygen atoms in total. The number of hydrogen-bond donors (Lipinski definition) is 3. The van der Waals surface area contributed by atoms with Crippen LogP contribution in [0.3, 0.4) is 0 Å². The van der Waals surface area contributed by atoms with E-state index in [1.54, 1.807) is 50.7 Å². The summed E-state index contributed by atoms with van der Waals surface area (Å²) < 4.78 is 7.26. The molecule has 1 atom stereocenters. The van der Waals surface area contributed by atoms with Gasteiger partial charge in [-0.15, -0.1) is 0 Å². The van der Waals surface area contributed by atoms with E-state index in [9.17, 15) is 14.4 Å². The maximum Gasteiger partial charge on any atom is 0.411 e. The van der Waals surface area contributed by atoms with Crippen molar-refractivity contribution in [1.82, 2.24) is 20.0 Å². The van der Waals surface area contributed by atoms with Gasteiger partial charge in [-0.05, 0) is 56.2 Å². The van der Waals surface area contributed by atoms with Gasteiger partial charge in [-0.25, -0.2) is 14.3 Å². The Morgan fingerprint density at radius 3 is 2.33 bits per heavy atom. The van der Waals surface area contributed by atoms with E-state index in [0.29, 0.717) is 28.6 Å². The summed E-state index contributed by atoms with van der Waals surface area (Å²) in [6.07, 6.45) is -0.241. The Morgan fingerprint density at radius 1 is 0.976 bits per heavy atom. The van der Waals surface area contributed by atoms with E-state index < -0.39 is 23.8 Å². The van der Waals surface area contributed by atoms with E-state index >= 15 is 0 Å². The molecule has 4 amide bonds. The first-order chi connectivity index (χ1) is 19.6. The summed E-state index contributed by atoms with van der Waals surface area (Å²) in [6, 6.07) is 11.2. The number of benzene rings is 2. The average molecular weight is 616 g/mol. The number of urea groups is 1. The Kier molecular flexibility index (Phi) is 8.80. The predicted molar refractivity (Wildman–Crippen MR) is 165 cm³/mol. The van der Waals surface area contributed by atoms with Crippen LogP contribution < -0.4 is 16.0 Å². The molecule has 0 spiro atoms. The highest BCUT2D eigenvalue weighted by Crippen LogP contribution is 2.32. The number of carbonyl (C=O) groups excluding carboxylic acids is 3. The summed E-state index contributed by atoms with van der Waals surface area (Å²) in [5.74, 6) is 0.161. The quantitative estimate of drug-likeness (QED) is 0.309. The van der Waals surface area contributed by atoms with E-state index in [1.165, 1.54) is 4.90 Å². The number of nitrogens with one attached hydrogen (secondary N) is 3. The molecular formula is C30H36Cl2N6O4. The molecule has 0 radical (unpaired) electrons. The number of rotatable bonds is 4. The van der Waals surface area contributed by atoms with Crippen LogP contribution in [0.2, 0.25) is 10.0 Å². The van der Waals surface area contributed by atoms with E-state index in [4.69, 9.17) is 33.0 Å². The first kappa shape index (κ1) is 31.2. The zero-order valence-corrected chi connectivity index (χ0v) is 26.3. The van der Waals surface area contributed by atoms with E-state index in [2.05, 4.69) is 16.0 Å². The fourth-order valence-electron chi connectivity index (χ4n) is 4.52. The lowest BCUT2D eigenvalue weighted by Crippen LogP contribution is -2.53. The van der Waals surface area contributed by atoms with Gasteiger partial charge < -0.3 is 15.4 Å². The van der Waals surface area contributed by atoms with E-state index in [-0.39, 0.29) is 22.9 Å². The number of nitrogens with zero attached hydrogens (tertiary/aromatic N) is 3. The summed E-state index contributed by atoms with van der Waals surface area (Å²) in [5.41, 5.74) is 2.53. The van der Waals surface area contributed by atoms with Crippen molar-refractivity contribution < 1.29 is 19.1 Å². The van der Waals surface area contributed by atoms with Crippen LogP contribution in [-0.2, 0) is 27.9 Å². The van der Waals surface area contributed by atoms with Gasteiger partial charge in [0.2, 0.25) is 5.91 Å². The number of amides is 4. The molecule has 0 fully saturated rings. The number of hydrogen-bond acceptors (Lipinski definition) is 5. The smallest absolute Gasteiger partial charge is 0.411 e. The number of carbonyl (C=O) groups is 3. The molecule has 1 unspecified atom stereocenters. The molecule has 4 rings (SSSR count). The molecule has 0 saturated carbocycles. The Balaban J connectivity index is 1.69. The first-order valence-corrected chi connectivity index (χ1v) is 14.3. The molecular weight excluding hydrogens is 579 g/mol. The Labute approximate surface area is 255 Å². The molecule has 2 heterocycles. The van der Waals surface area contributed by atoms with Crippen molar-refractivity contribution >= 4 is 52.7 Å². The number of aromatic nitrogens is 2. The highest BCUT2D eigenvalue weighted by Gasteiger charge is 2.37. The Bertz CT molecular complexity index is 1520. The number of ether oxygens (including phenoxy) is 1. The molecule has 3 aromatic rings. The normalized spacial score (nSPS) is 15.1.